The summed E-state index contributed by atoms with van der Waals surface area (Å²) < 4.78 is 0. The molecular formula is C17H27NO. The van der Waals surface area contributed by atoms with Gasteiger partial charge in [-0.3, -0.25) is 4.79 Å². The maximum Gasteiger partial charge on any atom is 0.132 e. The van der Waals surface area contributed by atoms with Gasteiger partial charge in [-0.1, -0.05) is 44.2 Å². The number of carbonyl (C=O) groups excluding carboxylic acids is 1. The van der Waals surface area contributed by atoms with Gasteiger partial charge >= 0.3 is 0 Å². The van der Waals surface area contributed by atoms with Gasteiger partial charge in [0.2, 0.25) is 0 Å². The van der Waals surface area contributed by atoms with Crippen LogP contribution in [0.3, 0.4) is 0 Å². The first-order valence-corrected chi connectivity index (χ1v) is 7.29. The van der Waals surface area contributed by atoms with Gasteiger partial charge in [0.15, 0.2) is 0 Å². The third-order valence-electron chi connectivity index (χ3n) is 3.67. The van der Waals surface area contributed by atoms with Crippen molar-refractivity contribution in [2.45, 2.75) is 52.4 Å². The van der Waals surface area contributed by atoms with Crippen molar-refractivity contribution < 1.29 is 4.79 Å². The highest BCUT2D eigenvalue weighted by atomic mass is 16.1. The van der Waals surface area contributed by atoms with Crippen molar-refractivity contribution in [2.24, 2.45) is 11.1 Å². The Morgan fingerprint density at radius 3 is 2.42 bits per heavy atom. The molecule has 0 aromatic heterocycles. The van der Waals surface area contributed by atoms with E-state index in [1.54, 1.807) is 0 Å². The molecule has 1 rings (SSSR count). The largest absolute Gasteiger partial charge is 0.330 e. The number of benzene rings is 1. The van der Waals surface area contributed by atoms with E-state index in [-0.39, 0.29) is 5.41 Å². The summed E-state index contributed by atoms with van der Waals surface area (Å²) in [4.78, 5) is 11.9. The summed E-state index contributed by atoms with van der Waals surface area (Å²) in [6.45, 7) is 5.09. The van der Waals surface area contributed by atoms with E-state index in [2.05, 4.69) is 26.0 Å². The molecule has 2 N–H and O–H groups in total. The summed E-state index contributed by atoms with van der Waals surface area (Å²) in [6, 6.07) is 10.4. The number of hydrogen-bond acceptors (Lipinski definition) is 2. The third kappa shape index (κ3) is 7.12. The molecule has 0 unspecified atom stereocenters. The molecule has 0 heterocycles. The van der Waals surface area contributed by atoms with Crippen LogP contribution in [0, 0.1) is 5.41 Å². The van der Waals surface area contributed by atoms with Gasteiger partial charge < -0.3 is 5.73 Å². The summed E-state index contributed by atoms with van der Waals surface area (Å²) in [5, 5.41) is 0. The number of aryl methyl sites for hydroxylation is 1. The first-order valence-electron chi connectivity index (χ1n) is 7.29. The molecule has 1 aromatic rings. The van der Waals surface area contributed by atoms with Crippen molar-refractivity contribution in [3.05, 3.63) is 35.9 Å². The van der Waals surface area contributed by atoms with Crippen molar-refractivity contribution in [3.63, 3.8) is 0 Å². The Morgan fingerprint density at radius 1 is 1.11 bits per heavy atom. The van der Waals surface area contributed by atoms with Gasteiger partial charge in [-0.2, -0.15) is 0 Å². The molecule has 0 saturated heterocycles. The van der Waals surface area contributed by atoms with Gasteiger partial charge in [-0.25, -0.2) is 0 Å². The number of Topliss-reactive ketones (excluding diaryl/α,β-unsaturated/α-hetero) is 1. The Morgan fingerprint density at radius 2 is 1.79 bits per heavy atom. The van der Waals surface area contributed by atoms with E-state index in [1.807, 2.05) is 18.2 Å². The minimum atomic E-state index is 0.198. The smallest absolute Gasteiger partial charge is 0.132 e. The van der Waals surface area contributed by atoms with E-state index in [4.69, 9.17) is 5.73 Å². The van der Waals surface area contributed by atoms with Gasteiger partial charge in [-0.05, 0) is 43.2 Å². The van der Waals surface area contributed by atoms with Crippen LogP contribution in [0.2, 0.25) is 0 Å². The van der Waals surface area contributed by atoms with Crippen LogP contribution in [0.4, 0.5) is 0 Å². The van der Waals surface area contributed by atoms with E-state index >= 15 is 0 Å². The zero-order valence-corrected chi connectivity index (χ0v) is 12.3. The lowest BCUT2D eigenvalue weighted by Crippen LogP contribution is -2.18. The second-order valence-corrected chi connectivity index (χ2v) is 6.08. The molecule has 0 aliphatic rings. The van der Waals surface area contributed by atoms with Crippen LogP contribution in [0.25, 0.3) is 0 Å². The van der Waals surface area contributed by atoms with Crippen LogP contribution in [0.15, 0.2) is 30.3 Å². The van der Waals surface area contributed by atoms with Crippen molar-refractivity contribution >= 4 is 5.78 Å². The Bertz CT molecular complexity index is 370. The topological polar surface area (TPSA) is 43.1 Å². The molecule has 0 aliphatic carbocycles. The molecule has 0 radical (unpaired) electrons. The van der Waals surface area contributed by atoms with Gasteiger partial charge in [0.25, 0.3) is 0 Å². The van der Waals surface area contributed by atoms with E-state index < -0.39 is 0 Å². The molecule has 0 spiro atoms. The highest BCUT2D eigenvalue weighted by Gasteiger charge is 2.17. The first kappa shape index (κ1) is 15.9. The fourth-order valence-electron chi connectivity index (χ4n) is 2.25. The van der Waals surface area contributed by atoms with Crippen molar-refractivity contribution in [3.8, 4) is 0 Å². The van der Waals surface area contributed by atoms with Gasteiger partial charge in [0.05, 0.1) is 0 Å². The van der Waals surface area contributed by atoms with Crippen molar-refractivity contribution in [2.75, 3.05) is 6.54 Å². The zero-order valence-electron chi connectivity index (χ0n) is 12.3. The minimum absolute atomic E-state index is 0.198. The fourth-order valence-corrected chi connectivity index (χ4v) is 2.25. The van der Waals surface area contributed by atoms with Gasteiger partial charge in [0.1, 0.15) is 5.78 Å². The maximum absolute atomic E-state index is 11.9. The second-order valence-electron chi connectivity index (χ2n) is 6.08. The summed E-state index contributed by atoms with van der Waals surface area (Å²) >= 11 is 0. The average Bonchev–Trinajstić information content (AvgIpc) is 2.38. The summed E-state index contributed by atoms with van der Waals surface area (Å²) in [6.07, 6.45) is 5.30. The number of carbonyl (C=O) groups is 1. The number of rotatable bonds is 9. The number of hydrogen-bond donors (Lipinski definition) is 1. The van der Waals surface area contributed by atoms with E-state index in [0.717, 1.165) is 25.7 Å². The number of nitrogens with two attached hydrogens (primary N) is 1. The molecule has 1 aromatic carbocycles. The lowest BCUT2D eigenvalue weighted by atomic mass is 9.83. The maximum atomic E-state index is 11.9. The Hall–Kier alpha value is -1.15. The molecule has 0 aliphatic heterocycles. The monoisotopic (exact) mass is 261 g/mol. The molecule has 2 heteroatoms. The Balaban J connectivity index is 2.18. The van der Waals surface area contributed by atoms with E-state index in [0.29, 0.717) is 25.2 Å². The zero-order chi connectivity index (χ0) is 14.1. The SMILES string of the molecule is CC(C)(CCN)CCC(=O)CCCc1ccccc1. The Kier molecular flexibility index (Phi) is 6.79. The normalized spacial score (nSPS) is 11.5. The van der Waals surface area contributed by atoms with Crippen LogP contribution in [-0.2, 0) is 11.2 Å². The molecule has 2 nitrogen and oxygen atoms in total. The van der Waals surface area contributed by atoms with Crippen LogP contribution < -0.4 is 5.73 Å². The molecular weight excluding hydrogens is 234 g/mol. The highest BCUT2D eigenvalue weighted by molar-refractivity contribution is 5.78. The third-order valence-corrected chi connectivity index (χ3v) is 3.67. The first-order chi connectivity index (χ1) is 9.03. The van der Waals surface area contributed by atoms with Crippen molar-refractivity contribution in [1.29, 1.82) is 0 Å². The molecule has 19 heavy (non-hydrogen) atoms. The van der Waals surface area contributed by atoms with Gasteiger partial charge in [0, 0.05) is 12.8 Å². The summed E-state index contributed by atoms with van der Waals surface area (Å²) in [7, 11) is 0. The predicted octanol–water partition coefficient (Wildman–Crippen LogP) is 3.73. The molecule has 0 bridgehead atoms. The minimum Gasteiger partial charge on any atom is -0.330 e. The van der Waals surface area contributed by atoms with Crippen LogP contribution >= 0.6 is 0 Å². The fraction of sp³-hybridized carbons (Fsp3) is 0.588. The predicted molar refractivity (Wildman–Crippen MR) is 81.1 cm³/mol. The molecule has 0 atom stereocenters. The molecule has 0 amide bonds. The molecule has 0 fully saturated rings. The summed E-state index contributed by atoms with van der Waals surface area (Å²) in [5.74, 6) is 0.390. The quantitative estimate of drug-likeness (QED) is 0.736. The summed E-state index contributed by atoms with van der Waals surface area (Å²) in [5.41, 5.74) is 7.10. The van der Waals surface area contributed by atoms with Crippen molar-refractivity contribution in [1.82, 2.24) is 0 Å². The standard InChI is InChI=1S/C17H27NO/c1-17(2,13-14-18)12-11-16(19)10-6-9-15-7-4-3-5-8-15/h3-5,7-8H,6,9-14,18H2,1-2H3. The van der Waals surface area contributed by atoms with Crippen LogP contribution in [-0.4, -0.2) is 12.3 Å². The number of ketones is 1. The van der Waals surface area contributed by atoms with E-state index in [9.17, 15) is 4.79 Å². The van der Waals surface area contributed by atoms with Crippen LogP contribution in [0.5, 0.6) is 0 Å². The molecule has 106 valence electrons. The van der Waals surface area contributed by atoms with Gasteiger partial charge in [-0.15, -0.1) is 0 Å². The lowest BCUT2D eigenvalue weighted by molar-refractivity contribution is -0.119. The van der Waals surface area contributed by atoms with Crippen LogP contribution in [0.1, 0.15) is 51.5 Å². The Labute approximate surface area is 117 Å². The average molecular weight is 261 g/mol. The second kappa shape index (κ2) is 8.11. The lowest BCUT2D eigenvalue weighted by Gasteiger charge is -2.23. The molecule has 0 saturated carbocycles. The highest BCUT2D eigenvalue weighted by Crippen LogP contribution is 2.26. The van der Waals surface area contributed by atoms with E-state index in [1.165, 1.54) is 5.56 Å².